The average molecular weight is 229 g/mol. The molecule has 2 aromatic rings. The summed E-state index contributed by atoms with van der Waals surface area (Å²) in [6.45, 7) is 3.98. The predicted octanol–water partition coefficient (Wildman–Crippen LogP) is 2.87. The topological polar surface area (TPSA) is 50.3 Å². The van der Waals surface area contributed by atoms with Gasteiger partial charge in [0.15, 0.2) is 0 Å². The van der Waals surface area contributed by atoms with Gasteiger partial charge in [0.1, 0.15) is 11.4 Å². The molecule has 0 aliphatic rings. The molecule has 0 aliphatic heterocycles. The van der Waals surface area contributed by atoms with Crippen molar-refractivity contribution in [2.45, 2.75) is 13.8 Å². The summed E-state index contributed by atoms with van der Waals surface area (Å²) in [5.41, 5.74) is 3.87. The van der Waals surface area contributed by atoms with Crippen molar-refractivity contribution in [2.24, 2.45) is 4.99 Å². The summed E-state index contributed by atoms with van der Waals surface area (Å²) in [7, 11) is 1.65. The first kappa shape index (κ1) is 11.4. The molecule has 2 rings (SSSR count). The Morgan fingerprint density at radius 3 is 2.88 bits per heavy atom. The molecule has 0 atom stereocenters. The van der Waals surface area contributed by atoms with Crippen molar-refractivity contribution in [2.75, 3.05) is 7.11 Å². The van der Waals surface area contributed by atoms with Crippen molar-refractivity contribution in [3.8, 4) is 5.75 Å². The fraction of sp³-hybridized carbons (Fsp3) is 0.231. The molecule has 0 spiro atoms. The summed E-state index contributed by atoms with van der Waals surface area (Å²) in [4.78, 5) is 4.55. The van der Waals surface area contributed by atoms with Gasteiger partial charge in [-0.1, -0.05) is 6.07 Å². The van der Waals surface area contributed by atoms with Gasteiger partial charge in [0, 0.05) is 17.5 Å². The monoisotopic (exact) mass is 229 g/mol. The number of hydrogen-bond acceptors (Lipinski definition) is 3. The fourth-order valence-corrected chi connectivity index (χ4v) is 1.57. The summed E-state index contributed by atoms with van der Waals surface area (Å²) in [5.74, 6) is 0.785. The lowest BCUT2D eigenvalue weighted by Crippen LogP contribution is -1.92. The van der Waals surface area contributed by atoms with E-state index in [0.29, 0.717) is 0 Å². The van der Waals surface area contributed by atoms with E-state index < -0.39 is 0 Å². The quantitative estimate of drug-likeness (QED) is 0.823. The first-order valence-corrected chi connectivity index (χ1v) is 5.40. The summed E-state index contributed by atoms with van der Waals surface area (Å²) >= 11 is 0. The van der Waals surface area contributed by atoms with Crippen molar-refractivity contribution in [3.05, 3.63) is 41.7 Å². The second-order valence-corrected chi connectivity index (χ2v) is 3.86. The molecule has 0 bridgehead atoms. The van der Waals surface area contributed by atoms with Crippen molar-refractivity contribution in [3.63, 3.8) is 0 Å². The Hall–Kier alpha value is -2.10. The van der Waals surface area contributed by atoms with E-state index in [1.807, 2.05) is 38.2 Å². The molecule has 0 unspecified atom stereocenters. The maximum absolute atomic E-state index is 5.31. The van der Waals surface area contributed by atoms with Gasteiger partial charge in [-0.3, -0.25) is 5.10 Å². The lowest BCUT2D eigenvalue weighted by Gasteiger charge is -2.06. The molecule has 1 N–H and O–H groups in total. The van der Waals surface area contributed by atoms with E-state index in [1.165, 1.54) is 0 Å². The summed E-state index contributed by atoms with van der Waals surface area (Å²) in [6, 6.07) is 5.95. The zero-order valence-corrected chi connectivity index (χ0v) is 10.2. The van der Waals surface area contributed by atoms with Crippen LogP contribution in [-0.4, -0.2) is 23.0 Å². The first-order valence-electron chi connectivity index (χ1n) is 5.40. The minimum atomic E-state index is 0.785. The number of rotatable bonds is 3. The van der Waals surface area contributed by atoms with Crippen molar-refractivity contribution in [1.82, 2.24) is 10.2 Å². The third-order valence-corrected chi connectivity index (χ3v) is 2.54. The Kier molecular flexibility index (Phi) is 3.23. The molecule has 0 radical (unpaired) electrons. The van der Waals surface area contributed by atoms with Crippen LogP contribution in [0.5, 0.6) is 5.75 Å². The van der Waals surface area contributed by atoms with E-state index >= 15 is 0 Å². The van der Waals surface area contributed by atoms with Gasteiger partial charge in [0.05, 0.1) is 13.3 Å². The van der Waals surface area contributed by atoms with Gasteiger partial charge >= 0.3 is 0 Å². The van der Waals surface area contributed by atoms with Crippen LogP contribution in [-0.2, 0) is 0 Å². The standard InChI is InChI=1S/C13H15N3O/c1-9-4-5-12(13(6-9)17-3)16-10(2)11-7-14-15-8-11/h4-8H,1-3H3,(H,14,15). The van der Waals surface area contributed by atoms with Gasteiger partial charge in [-0.15, -0.1) is 0 Å². The average Bonchev–Trinajstić information content (AvgIpc) is 2.85. The van der Waals surface area contributed by atoms with Crippen LogP contribution in [0.2, 0.25) is 0 Å². The minimum absolute atomic E-state index is 0.785. The summed E-state index contributed by atoms with van der Waals surface area (Å²) in [6.07, 6.45) is 3.57. The number of H-pyrrole nitrogens is 1. The van der Waals surface area contributed by atoms with Crippen LogP contribution in [0.3, 0.4) is 0 Å². The lowest BCUT2D eigenvalue weighted by atomic mass is 10.2. The van der Waals surface area contributed by atoms with E-state index in [9.17, 15) is 0 Å². The molecule has 1 aromatic carbocycles. The Morgan fingerprint density at radius 2 is 2.24 bits per heavy atom. The highest BCUT2D eigenvalue weighted by Crippen LogP contribution is 2.28. The normalized spacial score (nSPS) is 11.6. The number of ether oxygens (including phenoxy) is 1. The SMILES string of the molecule is COc1cc(C)ccc1N=C(C)c1cn[nH]c1. The van der Waals surface area contributed by atoms with Crippen molar-refractivity contribution < 1.29 is 4.74 Å². The van der Waals surface area contributed by atoms with Gasteiger partial charge in [0.25, 0.3) is 0 Å². The highest BCUT2D eigenvalue weighted by molar-refractivity contribution is 6.00. The van der Waals surface area contributed by atoms with E-state index in [1.54, 1.807) is 13.3 Å². The highest BCUT2D eigenvalue weighted by Gasteiger charge is 2.04. The van der Waals surface area contributed by atoms with E-state index in [2.05, 4.69) is 15.2 Å². The third kappa shape index (κ3) is 2.53. The number of nitrogens with one attached hydrogen (secondary N) is 1. The number of aromatic amines is 1. The van der Waals surface area contributed by atoms with Crippen LogP contribution in [0, 0.1) is 6.92 Å². The smallest absolute Gasteiger partial charge is 0.144 e. The van der Waals surface area contributed by atoms with E-state index in [-0.39, 0.29) is 0 Å². The summed E-state index contributed by atoms with van der Waals surface area (Å²) in [5, 5.41) is 6.68. The second kappa shape index (κ2) is 4.82. The minimum Gasteiger partial charge on any atom is -0.494 e. The Labute approximate surface area is 100 Å². The Balaban J connectivity index is 2.38. The molecule has 1 heterocycles. The Bertz CT molecular complexity index is 530. The molecule has 88 valence electrons. The van der Waals surface area contributed by atoms with E-state index in [4.69, 9.17) is 4.74 Å². The third-order valence-electron chi connectivity index (χ3n) is 2.54. The molecule has 4 heteroatoms. The van der Waals surface area contributed by atoms with Gasteiger partial charge < -0.3 is 4.74 Å². The number of hydrogen-bond donors (Lipinski definition) is 1. The maximum atomic E-state index is 5.31. The van der Waals surface area contributed by atoms with Crippen LogP contribution in [0.15, 0.2) is 35.6 Å². The van der Waals surface area contributed by atoms with Crippen molar-refractivity contribution in [1.29, 1.82) is 0 Å². The zero-order valence-electron chi connectivity index (χ0n) is 10.2. The zero-order chi connectivity index (χ0) is 12.3. The number of methoxy groups -OCH3 is 1. The number of aliphatic imine (C=N–C) groups is 1. The van der Waals surface area contributed by atoms with Crippen LogP contribution in [0.4, 0.5) is 5.69 Å². The van der Waals surface area contributed by atoms with Gasteiger partial charge in [-0.2, -0.15) is 5.10 Å². The molecule has 0 amide bonds. The molecule has 0 saturated heterocycles. The predicted molar refractivity (Wildman–Crippen MR) is 68.2 cm³/mol. The molecule has 0 aliphatic carbocycles. The van der Waals surface area contributed by atoms with Crippen LogP contribution in [0.25, 0.3) is 0 Å². The van der Waals surface area contributed by atoms with Crippen LogP contribution in [0.1, 0.15) is 18.1 Å². The number of nitrogens with zero attached hydrogens (tertiary/aromatic N) is 2. The fourth-order valence-electron chi connectivity index (χ4n) is 1.57. The maximum Gasteiger partial charge on any atom is 0.144 e. The van der Waals surface area contributed by atoms with Crippen LogP contribution < -0.4 is 4.74 Å². The van der Waals surface area contributed by atoms with E-state index in [0.717, 1.165) is 28.3 Å². The second-order valence-electron chi connectivity index (χ2n) is 3.86. The molecular formula is C13H15N3O. The molecule has 17 heavy (non-hydrogen) atoms. The largest absolute Gasteiger partial charge is 0.494 e. The number of benzene rings is 1. The number of aromatic nitrogens is 2. The highest BCUT2D eigenvalue weighted by atomic mass is 16.5. The molecule has 4 nitrogen and oxygen atoms in total. The van der Waals surface area contributed by atoms with Crippen molar-refractivity contribution >= 4 is 11.4 Å². The van der Waals surface area contributed by atoms with Crippen LogP contribution >= 0.6 is 0 Å². The van der Waals surface area contributed by atoms with Gasteiger partial charge in [-0.25, -0.2) is 4.99 Å². The van der Waals surface area contributed by atoms with Gasteiger partial charge in [0.2, 0.25) is 0 Å². The summed E-state index contributed by atoms with van der Waals surface area (Å²) < 4.78 is 5.31. The first-order chi connectivity index (χ1) is 8.20. The molecule has 0 saturated carbocycles. The molecule has 1 aromatic heterocycles. The molecular weight excluding hydrogens is 214 g/mol. The molecule has 0 fully saturated rings. The van der Waals surface area contributed by atoms with Gasteiger partial charge in [-0.05, 0) is 31.5 Å². The lowest BCUT2D eigenvalue weighted by molar-refractivity contribution is 0.416. The number of aryl methyl sites for hydroxylation is 1. The Morgan fingerprint density at radius 1 is 1.41 bits per heavy atom.